The summed E-state index contributed by atoms with van der Waals surface area (Å²) in [5.41, 5.74) is -1.52. The van der Waals surface area contributed by atoms with Gasteiger partial charge in [-0.05, 0) is 61.1 Å². The van der Waals surface area contributed by atoms with Crippen molar-refractivity contribution in [1.82, 2.24) is 24.9 Å². The highest BCUT2D eigenvalue weighted by Gasteiger charge is 2.62. The van der Waals surface area contributed by atoms with Crippen molar-refractivity contribution in [2.75, 3.05) is 11.9 Å². The normalized spacial score (nSPS) is 21.8. The Kier molecular flexibility index (Phi) is 10.5. The van der Waals surface area contributed by atoms with Crippen LogP contribution in [0.3, 0.4) is 0 Å². The highest BCUT2D eigenvalue weighted by Crippen LogP contribution is 2.46. The van der Waals surface area contributed by atoms with Crippen molar-refractivity contribution >= 4 is 55.5 Å². The number of nitrogens with zero attached hydrogens (tertiary/aromatic N) is 4. The second-order valence-corrected chi connectivity index (χ2v) is 18.9. The molecule has 14 nitrogen and oxygen atoms in total. The molecule has 2 saturated carbocycles. The summed E-state index contributed by atoms with van der Waals surface area (Å²) in [7, 11) is -3.98. The van der Waals surface area contributed by atoms with Crippen molar-refractivity contribution in [3.63, 3.8) is 0 Å². The zero-order valence-electron chi connectivity index (χ0n) is 33.8. The summed E-state index contributed by atoms with van der Waals surface area (Å²) in [6.45, 7) is 9.03. The first-order valence-corrected chi connectivity index (χ1v) is 21.5. The highest BCUT2D eigenvalue weighted by molar-refractivity contribution is 7.91. The van der Waals surface area contributed by atoms with Crippen molar-refractivity contribution in [3.05, 3.63) is 96.6 Å². The summed E-state index contributed by atoms with van der Waals surface area (Å²) < 4.78 is 80.9. The van der Waals surface area contributed by atoms with Gasteiger partial charge in [0, 0.05) is 23.3 Å². The summed E-state index contributed by atoms with van der Waals surface area (Å²) in [4.78, 5) is 53.7. The van der Waals surface area contributed by atoms with E-state index in [4.69, 9.17) is 9.15 Å². The smallest absolute Gasteiger partial charge is 0.416 e. The Balaban J connectivity index is 1.16. The van der Waals surface area contributed by atoms with Gasteiger partial charge in [0.25, 0.3) is 11.8 Å². The molecule has 0 bridgehead atoms. The number of alkyl halides is 3. The molecular formula is C44H42F3N7O7S. The number of ether oxygens (including phenoxy) is 1. The van der Waals surface area contributed by atoms with Crippen LogP contribution in [0.4, 0.5) is 18.9 Å². The molecule has 3 fully saturated rings. The average Bonchev–Trinajstić information content (AvgIpc) is 4.14. The van der Waals surface area contributed by atoms with Crippen molar-refractivity contribution < 1.29 is 45.1 Å². The van der Waals surface area contributed by atoms with Gasteiger partial charge >= 0.3 is 6.18 Å². The molecular weight excluding hydrogens is 828 g/mol. The molecule has 3 N–H and O–H groups in total. The first kappa shape index (κ1) is 42.2. The molecule has 3 amide bonds. The van der Waals surface area contributed by atoms with Crippen LogP contribution in [0.15, 0.2) is 89.9 Å². The standard InChI is InChI=1S/C44H42F3N7O7S/c1-5-26-21-43(26,41(57)53-62(58,59)29-18-19-29)52-38(55)32-20-28(23-54(32)40(56)36(42(2,3)4)49-31-12-8-6-10-25(31)22-48)60-39-35-34(30-11-7-9-13-33(30)61-35)50-37(51-39)24-14-16-27(17-15-24)44(45,46)47/h5-17,26,28-29,32,36,49H,1,18-21,23H2,2-4H3,(H,52,55)(H,53,57)/t26-,28-,32+,36-,43-/m1/s1. The third-order valence-corrected chi connectivity index (χ3v) is 13.3. The van der Waals surface area contributed by atoms with E-state index in [1.54, 1.807) is 48.5 Å². The number of aromatic nitrogens is 2. The third-order valence-electron chi connectivity index (χ3n) is 11.5. The van der Waals surface area contributed by atoms with Crippen molar-refractivity contribution in [1.29, 1.82) is 5.26 Å². The number of fused-ring (bicyclic) bond motifs is 3. The number of carbonyl (C=O) groups is 3. The maximum absolute atomic E-state index is 14.9. The van der Waals surface area contributed by atoms with E-state index in [-0.39, 0.29) is 47.8 Å². The molecule has 1 aliphatic heterocycles. The SMILES string of the molecule is C=C[C@@H]1C[C@]1(NC(=O)[C@@H]1C[C@@H](Oc2nc(-c3ccc(C(F)(F)F)cc3)nc3c2oc2ccccc23)CN1C(=O)[C@@H](Nc1ccccc1C#N)C(C)(C)C)C(=O)NS(=O)(=O)C1CC1. The van der Waals surface area contributed by atoms with E-state index in [0.717, 1.165) is 12.1 Å². The Bertz CT molecular complexity index is 2780. The van der Waals surface area contributed by atoms with Gasteiger partial charge in [-0.25, -0.2) is 13.4 Å². The fourth-order valence-corrected chi connectivity index (χ4v) is 9.18. The second-order valence-electron chi connectivity index (χ2n) is 17.0. The van der Waals surface area contributed by atoms with Crippen LogP contribution in [0.1, 0.15) is 57.6 Å². The summed E-state index contributed by atoms with van der Waals surface area (Å²) in [6.07, 6.45) is -3.31. The van der Waals surface area contributed by atoms with Crippen LogP contribution in [0.2, 0.25) is 0 Å². The van der Waals surface area contributed by atoms with Gasteiger partial charge in [-0.1, -0.05) is 63.2 Å². The van der Waals surface area contributed by atoms with E-state index in [1.165, 1.54) is 23.1 Å². The number of nitrogens with one attached hydrogen (secondary N) is 3. The van der Waals surface area contributed by atoms with E-state index in [2.05, 4.69) is 38.0 Å². The number of furan rings is 1. The van der Waals surface area contributed by atoms with E-state index in [1.807, 2.05) is 20.8 Å². The fraction of sp³-hybridized carbons (Fsp3) is 0.364. The number of para-hydroxylation sites is 2. The quantitative estimate of drug-likeness (QED) is 0.116. The van der Waals surface area contributed by atoms with Crippen molar-refractivity contribution in [2.24, 2.45) is 11.3 Å². The van der Waals surface area contributed by atoms with Gasteiger partial charge < -0.3 is 24.7 Å². The van der Waals surface area contributed by atoms with Gasteiger partial charge in [-0.3, -0.25) is 19.1 Å². The fourth-order valence-electron chi connectivity index (χ4n) is 7.81. The Morgan fingerprint density at radius 2 is 1.73 bits per heavy atom. The van der Waals surface area contributed by atoms with Crippen LogP contribution in [0, 0.1) is 22.7 Å². The molecule has 2 aliphatic carbocycles. The Morgan fingerprint density at radius 3 is 2.37 bits per heavy atom. The zero-order chi connectivity index (χ0) is 44.4. The van der Waals surface area contributed by atoms with Crippen LogP contribution < -0.4 is 20.1 Å². The van der Waals surface area contributed by atoms with Crippen LogP contribution in [0.25, 0.3) is 33.5 Å². The molecule has 5 aromatic rings. The van der Waals surface area contributed by atoms with Gasteiger partial charge in [0.05, 0.1) is 28.6 Å². The molecule has 0 spiro atoms. The van der Waals surface area contributed by atoms with E-state index in [0.29, 0.717) is 35.0 Å². The van der Waals surface area contributed by atoms with Gasteiger partial charge in [-0.15, -0.1) is 6.58 Å². The number of halogens is 3. The number of likely N-dealkylation sites (tertiary alicyclic amines) is 1. The maximum Gasteiger partial charge on any atom is 0.416 e. The molecule has 62 heavy (non-hydrogen) atoms. The molecule has 3 aromatic carbocycles. The lowest BCUT2D eigenvalue weighted by Crippen LogP contribution is -2.58. The van der Waals surface area contributed by atoms with Gasteiger partial charge in [0.2, 0.25) is 27.4 Å². The molecule has 8 rings (SSSR count). The number of rotatable bonds is 12. The molecule has 3 heterocycles. The molecule has 3 aliphatic rings. The highest BCUT2D eigenvalue weighted by atomic mass is 32.2. The van der Waals surface area contributed by atoms with E-state index in [9.17, 15) is 41.2 Å². The Hall–Kier alpha value is -6.48. The predicted octanol–water partition coefficient (Wildman–Crippen LogP) is 6.48. The van der Waals surface area contributed by atoms with E-state index >= 15 is 0 Å². The third kappa shape index (κ3) is 8.04. The monoisotopic (exact) mass is 869 g/mol. The average molecular weight is 870 g/mol. The number of nitriles is 1. The van der Waals surface area contributed by atoms with Gasteiger partial charge in [0.15, 0.2) is 5.82 Å². The lowest BCUT2D eigenvalue weighted by molar-refractivity contribution is -0.141. The minimum absolute atomic E-state index is 0.0273. The number of benzene rings is 3. The second kappa shape index (κ2) is 15.5. The molecule has 0 unspecified atom stereocenters. The number of hydrogen-bond donors (Lipinski definition) is 3. The van der Waals surface area contributed by atoms with Crippen molar-refractivity contribution in [3.8, 4) is 23.3 Å². The molecule has 2 aromatic heterocycles. The van der Waals surface area contributed by atoms with E-state index < -0.39 is 79.8 Å². The minimum Gasteiger partial charge on any atom is -0.470 e. The zero-order valence-corrected chi connectivity index (χ0v) is 34.6. The number of carbonyl (C=O) groups excluding carboxylic acids is 3. The first-order chi connectivity index (χ1) is 29.3. The van der Waals surface area contributed by atoms with Gasteiger partial charge in [-0.2, -0.15) is 23.4 Å². The summed E-state index contributed by atoms with van der Waals surface area (Å²) >= 11 is 0. The molecule has 322 valence electrons. The Labute approximate surface area is 354 Å². The molecule has 0 radical (unpaired) electrons. The topological polar surface area (TPSA) is 197 Å². The first-order valence-electron chi connectivity index (χ1n) is 19.9. The number of sulfonamides is 1. The van der Waals surface area contributed by atoms with Crippen LogP contribution in [-0.2, 0) is 30.6 Å². The lowest BCUT2D eigenvalue weighted by atomic mass is 9.85. The van der Waals surface area contributed by atoms with Gasteiger partial charge in [0.1, 0.15) is 40.9 Å². The number of anilines is 1. The largest absolute Gasteiger partial charge is 0.470 e. The number of hydrogen-bond acceptors (Lipinski definition) is 11. The lowest BCUT2D eigenvalue weighted by Gasteiger charge is -2.36. The molecule has 5 atom stereocenters. The van der Waals surface area contributed by atoms with Crippen LogP contribution in [0.5, 0.6) is 5.88 Å². The summed E-state index contributed by atoms with van der Waals surface area (Å²) in [5, 5.41) is 15.7. The Morgan fingerprint density at radius 1 is 1.03 bits per heavy atom. The predicted molar refractivity (Wildman–Crippen MR) is 222 cm³/mol. The van der Waals surface area contributed by atoms with Crippen LogP contribution >= 0.6 is 0 Å². The van der Waals surface area contributed by atoms with Crippen LogP contribution in [-0.4, -0.2) is 76.5 Å². The summed E-state index contributed by atoms with van der Waals surface area (Å²) in [6, 6.07) is 17.8. The molecule has 18 heteroatoms. The van der Waals surface area contributed by atoms with Crippen molar-refractivity contribution in [2.45, 2.75) is 81.6 Å². The maximum atomic E-state index is 14.9. The summed E-state index contributed by atoms with van der Waals surface area (Å²) in [5.74, 6) is -2.86. The molecule has 1 saturated heterocycles. The number of amides is 3. The minimum atomic E-state index is -4.57.